The van der Waals surface area contributed by atoms with E-state index in [1.807, 2.05) is 0 Å². The lowest BCUT2D eigenvalue weighted by atomic mass is 10.3. The highest BCUT2D eigenvalue weighted by atomic mass is 32.2. The van der Waals surface area contributed by atoms with Crippen molar-refractivity contribution in [1.29, 1.82) is 0 Å². The van der Waals surface area contributed by atoms with Gasteiger partial charge in [-0.05, 0) is 36.6 Å². The van der Waals surface area contributed by atoms with Crippen LogP contribution < -0.4 is 4.74 Å². The zero-order valence-corrected chi connectivity index (χ0v) is 13.5. The Morgan fingerprint density at radius 2 is 1.96 bits per heavy atom. The second-order valence-electron chi connectivity index (χ2n) is 5.47. The van der Waals surface area contributed by atoms with E-state index in [4.69, 9.17) is 0 Å². The van der Waals surface area contributed by atoms with Crippen LogP contribution >= 0.6 is 0 Å². The van der Waals surface area contributed by atoms with E-state index in [9.17, 15) is 17.2 Å². The Hall–Kier alpha value is -2.06. The van der Waals surface area contributed by atoms with Gasteiger partial charge < -0.3 is 4.74 Å². The average Bonchev–Trinajstić information content (AvgIpc) is 3.38. The van der Waals surface area contributed by atoms with Gasteiger partial charge in [-0.2, -0.15) is 13.1 Å². The normalized spacial score (nSPS) is 15.0. The number of halogens is 2. The molecule has 8 heteroatoms. The van der Waals surface area contributed by atoms with E-state index >= 15 is 0 Å². The predicted molar refractivity (Wildman–Crippen MR) is 83.1 cm³/mol. The Balaban J connectivity index is 1.95. The molecule has 128 valence electrons. The molecule has 1 aliphatic rings. The summed E-state index contributed by atoms with van der Waals surface area (Å²) >= 11 is 0. The summed E-state index contributed by atoms with van der Waals surface area (Å²) in [5.41, 5.74) is 0.736. The van der Waals surface area contributed by atoms with E-state index in [0.717, 1.165) is 18.4 Å². The minimum absolute atomic E-state index is 0.130. The second kappa shape index (κ2) is 6.82. The summed E-state index contributed by atoms with van der Waals surface area (Å²) in [7, 11) is -3.97. The molecular weight excluding hydrogens is 338 g/mol. The Kier molecular flexibility index (Phi) is 4.77. The van der Waals surface area contributed by atoms with E-state index in [1.54, 1.807) is 24.5 Å². The maximum Gasteiger partial charge on any atom is 0.387 e. The Labute approximate surface area is 138 Å². The average molecular weight is 354 g/mol. The standard InChI is InChI=1S/C16H16F2N2O3S/c17-16(18)23-14-5-1-2-6-15(14)24(21,22)20(13-7-8-13)11-12-4-3-9-19-10-12/h1-6,9-10,13,16H,7-8,11H2. The van der Waals surface area contributed by atoms with Crippen molar-refractivity contribution in [3.8, 4) is 5.75 Å². The molecule has 1 saturated carbocycles. The van der Waals surface area contributed by atoms with Gasteiger partial charge in [-0.25, -0.2) is 8.42 Å². The number of rotatable bonds is 7. The van der Waals surface area contributed by atoms with E-state index in [-0.39, 0.29) is 23.2 Å². The van der Waals surface area contributed by atoms with Crippen LogP contribution in [0.25, 0.3) is 0 Å². The molecule has 0 unspecified atom stereocenters. The molecule has 1 aromatic heterocycles. The van der Waals surface area contributed by atoms with Crippen LogP contribution in [0.3, 0.4) is 0 Å². The van der Waals surface area contributed by atoms with Crippen molar-refractivity contribution in [1.82, 2.24) is 9.29 Å². The maximum atomic E-state index is 13.0. The van der Waals surface area contributed by atoms with Crippen LogP contribution in [-0.2, 0) is 16.6 Å². The lowest BCUT2D eigenvalue weighted by molar-refractivity contribution is -0.0518. The van der Waals surface area contributed by atoms with Gasteiger partial charge in [0.1, 0.15) is 10.6 Å². The van der Waals surface area contributed by atoms with Gasteiger partial charge in [-0.3, -0.25) is 4.98 Å². The third-order valence-corrected chi connectivity index (χ3v) is 5.60. The first-order valence-corrected chi connectivity index (χ1v) is 8.87. The predicted octanol–water partition coefficient (Wildman–Crippen LogP) is 3.04. The van der Waals surface area contributed by atoms with Crippen LogP contribution in [0.4, 0.5) is 8.78 Å². The van der Waals surface area contributed by atoms with Gasteiger partial charge >= 0.3 is 6.61 Å². The van der Waals surface area contributed by atoms with Gasteiger partial charge in [0.2, 0.25) is 10.0 Å². The molecule has 0 spiro atoms. The quantitative estimate of drug-likeness (QED) is 0.767. The number of hydrogen-bond donors (Lipinski definition) is 0. The van der Waals surface area contributed by atoms with E-state index in [2.05, 4.69) is 9.72 Å². The van der Waals surface area contributed by atoms with E-state index < -0.39 is 16.6 Å². The minimum atomic E-state index is -3.97. The number of hydrogen-bond acceptors (Lipinski definition) is 4. The van der Waals surface area contributed by atoms with Crippen molar-refractivity contribution in [3.63, 3.8) is 0 Å². The van der Waals surface area contributed by atoms with Gasteiger partial charge in [-0.15, -0.1) is 0 Å². The summed E-state index contributed by atoms with van der Waals surface area (Å²) in [6.07, 6.45) is 4.69. The summed E-state index contributed by atoms with van der Waals surface area (Å²) in [4.78, 5) is 3.73. The highest BCUT2D eigenvalue weighted by Crippen LogP contribution is 2.36. The minimum Gasteiger partial charge on any atom is -0.433 e. The van der Waals surface area contributed by atoms with Crippen LogP contribution in [0.15, 0.2) is 53.7 Å². The van der Waals surface area contributed by atoms with Crippen LogP contribution in [-0.4, -0.2) is 30.4 Å². The third kappa shape index (κ3) is 3.70. The zero-order chi connectivity index (χ0) is 17.2. The molecule has 3 rings (SSSR count). The molecule has 0 saturated heterocycles. The van der Waals surface area contributed by atoms with Crippen molar-refractivity contribution in [3.05, 3.63) is 54.4 Å². The molecule has 0 amide bonds. The molecular formula is C16H16F2N2O3S. The Morgan fingerprint density at radius 1 is 1.21 bits per heavy atom. The molecule has 0 atom stereocenters. The smallest absolute Gasteiger partial charge is 0.387 e. The topological polar surface area (TPSA) is 59.5 Å². The Bertz CT molecular complexity index is 796. The molecule has 1 fully saturated rings. The van der Waals surface area contributed by atoms with Gasteiger partial charge in [0.25, 0.3) is 0 Å². The van der Waals surface area contributed by atoms with Crippen LogP contribution in [0, 0.1) is 0 Å². The SMILES string of the molecule is O=S(=O)(c1ccccc1OC(F)F)N(Cc1cccnc1)C1CC1. The number of alkyl halides is 2. The molecule has 1 aromatic carbocycles. The van der Waals surface area contributed by atoms with Crippen molar-refractivity contribution < 1.29 is 21.9 Å². The van der Waals surface area contributed by atoms with Crippen molar-refractivity contribution >= 4 is 10.0 Å². The van der Waals surface area contributed by atoms with Crippen molar-refractivity contribution in [2.75, 3.05) is 0 Å². The van der Waals surface area contributed by atoms with Gasteiger partial charge in [0.05, 0.1) is 0 Å². The highest BCUT2D eigenvalue weighted by molar-refractivity contribution is 7.89. The van der Waals surface area contributed by atoms with Gasteiger partial charge in [-0.1, -0.05) is 18.2 Å². The molecule has 1 heterocycles. The van der Waals surface area contributed by atoms with Gasteiger partial charge in [0.15, 0.2) is 0 Å². The number of pyridine rings is 1. The number of nitrogens with zero attached hydrogens (tertiary/aromatic N) is 2. The van der Waals surface area contributed by atoms with Crippen LogP contribution in [0.5, 0.6) is 5.75 Å². The van der Waals surface area contributed by atoms with Crippen molar-refractivity contribution in [2.45, 2.75) is 36.9 Å². The van der Waals surface area contributed by atoms with E-state index in [0.29, 0.717) is 0 Å². The summed E-state index contributed by atoms with van der Waals surface area (Å²) in [5.74, 6) is -0.343. The number of aromatic nitrogens is 1. The monoisotopic (exact) mass is 354 g/mol. The van der Waals surface area contributed by atoms with Crippen LogP contribution in [0.1, 0.15) is 18.4 Å². The Morgan fingerprint density at radius 3 is 2.58 bits per heavy atom. The fourth-order valence-corrected chi connectivity index (χ4v) is 4.22. The molecule has 5 nitrogen and oxygen atoms in total. The first kappa shape index (κ1) is 16.8. The summed E-state index contributed by atoms with van der Waals surface area (Å²) < 4.78 is 56.9. The van der Waals surface area contributed by atoms with Crippen molar-refractivity contribution in [2.24, 2.45) is 0 Å². The zero-order valence-electron chi connectivity index (χ0n) is 12.7. The number of sulfonamides is 1. The van der Waals surface area contributed by atoms with Gasteiger partial charge in [0, 0.05) is 25.0 Å². The molecule has 0 N–H and O–H groups in total. The largest absolute Gasteiger partial charge is 0.433 e. The number of benzene rings is 1. The maximum absolute atomic E-state index is 13.0. The fourth-order valence-electron chi connectivity index (χ4n) is 2.43. The summed E-state index contributed by atoms with van der Waals surface area (Å²) in [5, 5.41) is 0. The summed E-state index contributed by atoms with van der Waals surface area (Å²) in [6.45, 7) is -2.95. The first-order valence-electron chi connectivity index (χ1n) is 7.43. The number of ether oxygens (including phenoxy) is 1. The molecule has 2 aromatic rings. The highest BCUT2D eigenvalue weighted by Gasteiger charge is 2.39. The number of para-hydroxylation sites is 1. The van der Waals surface area contributed by atoms with Crippen LogP contribution in [0.2, 0.25) is 0 Å². The molecule has 0 aliphatic heterocycles. The molecule has 0 radical (unpaired) electrons. The molecule has 24 heavy (non-hydrogen) atoms. The lowest BCUT2D eigenvalue weighted by Gasteiger charge is -2.23. The summed E-state index contributed by atoms with van der Waals surface area (Å²) in [6, 6.07) is 8.83. The molecule has 1 aliphatic carbocycles. The van der Waals surface area contributed by atoms with E-state index in [1.165, 1.54) is 28.6 Å². The second-order valence-corrected chi connectivity index (χ2v) is 7.33. The third-order valence-electron chi connectivity index (χ3n) is 3.67. The lowest BCUT2D eigenvalue weighted by Crippen LogP contribution is -2.33. The first-order chi connectivity index (χ1) is 11.5. The fraction of sp³-hybridized carbons (Fsp3) is 0.312. The molecule has 0 bridgehead atoms.